The first-order valence-corrected chi connectivity index (χ1v) is 6.04. The Hall–Kier alpha value is -0.339. The Labute approximate surface area is 163 Å². The van der Waals surface area contributed by atoms with Crippen molar-refractivity contribution in [1.82, 2.24) is 0 Å². The molecule has 21 heavy (non-hydrogen) atoms. The van der Waals surface area contributed by atoms with Crippen molar-refractivity contribution in [2.45, 2.75) is 13.5 Å². The molecule has 0 aliphatic carbocycles. The van der Waals surface area contributed by atoms with Crippen LogP contribution in [0, 0.1) is 12.7 Å². The number of benzene rings is 2. The fourth-order valence-electron chi connectivity index (χ4n) is 1.84. The minimum atomic E-state index is -5.15. The molecule has 0 atom stereocenters. The van der Waals surface area contributed by atoms with Gasteiger partial charge >= 0.3 is 58.4 Å². The summed E-state index contributed by atoms with van der Waals surface area (Å²) in [4.78, 5) is 0. The van der Waals surface area contributed by atoms with Crippen molar-refractivity contribution >= 4 is 12.4 Å². The van der Waals surface area contributed by atoms with Gasteiger partial charge in [-0.15, -0.1) is 0 Å². The zero-order chi connectivity index (χ0) is 14.8. The molecule has 0 aliphatic rings. The number of rotatable bonds is 4. The second kappa shape index (κ2) is 7.78. The smallest absolute Gasteiger partial charge is 0.492 e. The van der Waals surface area contributed by atoms with Gasteiger partial charge in [-0.05, 0) is 30.7 Å². The normalized spacial score (nSPS) is 10.9. The van der Waals surface area contributed by atoms with E-state index in [9.17, 15) is 17.3 Å². The number of hydrogen-bond acceptors (Lipinski definition) is 1. The molecule has 0 heterocycles. The summed E-state index contributed by atoms with van der Waals surface area (Å²) in [6.07, 6.45) is 0. The summed E-state index contributed by atoms with van der Waals surface area (Å²) in [6.45, 7) is -3.67. The van der Waals surface area contributed by atoms with Crippen LogP contribution in [-0.4, -0.2) is 6.98 Å². The van der Waals surface area contributed by atoms with E-state index in [1.165, 1.54) is 24.3 Å². The molecule has 106 valence electrons. The molecule has 1 nitrogen and oxygen atoms in total. The minimum absolute atomic E-state index is 0. The van der Waals surface area contributed by atoms with Gasteiger partial charge in [0.2, 0.25) is 0 Å². The molecular formula is C14H12BF4KO. The van der Waals surface area contributed by atoms with Gasteiger partial charge < -0.3 is 17.7 Å². The average Bonchev–Trinajstić information content (AvgIpc) is 2.36. The molecule has 2 aromatic rings. The van der Waals surface area contributed by atoms with Crippen molar-refractivity contribution in [3.05, 3.63) is 59.4 Å². The molecule has 0 N–H and O–H groups in total. The van der Waals surface area contributed by atoms with E-state index >= 15 is 0 Å². The number of aryl methyl sites for hydroxylation is 1. The maximum atomic E-state index is 13.0. The SMILES string of the molecule is Cc1ccc(OCc2cccc(F)c2)c([B-](F)(F)F)c1.[K+]. The van der Waals surface area contributed by atoms with Gasteiger partial charge in [0.1, 0.15) is 12.4 Å². The summed E-state index contributed by atoms with van der Waals surface area (Å²) in [7, 11) is 0. The van der Waals surface area contributed by atoms with Gasteiger partial charge in [-0.1, -0.05) is 35.3 Å². The molecule has 2 aromatic carbocycles. The van der Waals surface area contributed by atoms with E-state index in [-0.39, 0.29) is 63.7 Å². The average molecular weight is 322 g/mol. The van der Waals surface area contributed by atoms with Crippen molar-refractivity contribution < 1.29 is 73.5 Å². The van der Waals surface area contributed by atoms with Crippen molar-refractivity contribution in [1.29, 1.82) is 0 Å². The maximum Gasteiger partial charge on any atom is 1.00 e. The number of ether oxygens (including phenoxy) is 1. The maximum absolute atomic E-state index is 13.0. The zero-order valence-corrected chi connectivity index (χ0v) is 14.9. The first kappa shape index (κ1) is 18.7. The predicted molar refractivity (Wildman–Crippen MR) is 70.6 cm³/mol. The molecule has 0 aliphatic heterocycles. The monoisotopic (exact) mass is 322 g/mol. The van der Waals surface area contributed by atoms with Crippen molar-refractivity contribution in [2.75, 3.05) is 0 Å². The molecule has 0 radical (unpaired) electrons. The van der Waals surface area contributed by atoms with Crippen LogP contribution in [0.15, 0.2) is 42.5 Å². The topological polar surface area (TPSA) is 9.23 Å². The summed E-state index contributed by atoms with van der Waals surface area (Å²) < 4.78 is 57.0. The fraction of sp³-hybridized carbons (Fsp3) is 0.143. The molecule has 0 amide bonds. The number of hydrogen-bond donors (Lipinski definition) is 0. The molecule has 2 rings (SSSR count). The second-order valence-corrected chi connectivity index (χ2v) is 4.53. The van der Waals surface area contributed by atoms with Gasteiger partial charge in [-0.25, -0.2) is 4.39 Å². The van der Waals surface area contributed by atoms with Gasteiger partial charge in [-0.2, -0.15) is 0 Å². The van der Waals surface area contributed by atoms with Gasteiger partial charge in [0.25, 0.3) is 0 Å². The Bertz CT molecular complexity index is 616. The van der Waals surface area contributed by atoms with Crippen LogP contribution in [0.3, 0.4) is 0 Å². The van der Waals surface area contributed by atoms with Crippen LogP contribution in [0.25, 0.3) is 0 Å². The van der Waals surface area contributed by atoms with Crippen LogP contribution in [0.4, 0.5) is 17.3 Å². The summed E-state index contributed by atoms with van der Waals surface area (Å²) in [5.41, 5.74) is 0.227. The molecule has 0 saturated heterocycles. The summed E-state index contributed by atoms with van der Waals surface area (Å²) in [6, 6.07) is 9.46. The molecule has 0 aromatic heterocycles. The van der Waals surface area contributed by atoms with Crippen molar-refractivity contribution in [3.63, 3.8) is 0 Å². The largest absolute Gasteiger partial charge is 1.00 e. The Morgan fingerprint density at radius 3 is 2.38 bits per heavy atom. The van der Waals surface area contributed by atoms with Gasteiger partial charge in [0.15, 0.2) is 0 Å². The Morgan fingerprint density at radius 2 is 1.76 bits per heavy atom. The van der Waals surface area contributed by atoms with Crippen LogP contribution in [0.5, 0.6) is 5.75 Å². The fourth-order valence-corrected chi connectivity index (χ4v) is 1.84. The predicted octanol–water partition coefficient (Wildman–Crippen LogP) is 0.772. The molecule has 0 spiro atoms. The van der Waals surface area contributed by atoms with Crippen LogP contribution >= 0.6 is 0 Å². The minimum Gasteiger partial charge on any atom is -0.492 e. The second-order valence-electron chi connectivity index (χ2n) is 4.53. The van der Waals surface area contributed by atoms with E-state index in [1.54, 1.807) is 19.1 Å². The Kier molecular flexibility index (Phi) is 6.93. The van der Waals surface area contributed by atoms with Gasteiger partial charge in [-0.3, -0.25) is 0 Å². The Balaban J connectivity index is 0.00000220. The third-order valence-corrected chi connectivity index (χ3v) is 2.80. The third kappa shape index (κ3) is 5.41. The molecule has 0 saturated carbocycles. The van der Waals surface area contributed by atoms with Gasteiger partial charge in [0, 0.05) is 0 Å². The van der Waals surface area contributed by atoms with Crippen LogP contribution in [0.1, 0.15) is 11.1 Å². The van der Waals surface area contributed by atoms with E-state index in [4.69, 9.17) is 4.74 Å². The van der Waals surface area contributed by atoms with Crippen LogP contribution < -0.4 is 61.6 Å². The Morgan fingerprint density at radius 1 is 1.05 bits per heavy atom. The summed E-state index contributed by atoms with van der Waals surface area (Å²) >= 11 is 0. The molecule has 0 fully saturated rings. The van der Waals surface area contributed by atoms with E-state index < -0.39 is 18.3 Å². The summed E-state index contributed by atoms with van der Waals surface area (Å²) in [5, 5.41) is 0. The third-order valence-electron chi connectivity index (χ3n) is 2.80. The van der Waals surface area contributed by atoms with E-state index in [1.807, 2.05) is 0 Å². The van der Waals surface area contributed by atoms with Crippen LogP contribution in [-0.2, 0) is 6.61 Å². The first-order valence-electron chi connectivity index (χ1n) is 6.04. The quantitative estimate of drug-likeness (QED) is 0.597. The number of halogens is 4. The van der Waals surface area contributed by atoms with E-state index in [0.717, 1.165) is 6.07 Å². The zero-order valence-electron chi connectivity index (χ0n) is 11.7. The molecule has 0 bridgehead atoms. The molecule has 0 unspecified atom stereocenters. The standard InChI is InChI=1S/C14H12BF4O.K/c1-10-5-6-14(13(7-10)15(17,18)19)20-9-11-3-2-4-12(16)8-11;/h2-8H,9H2,1H3;/q-1;+1. The summed E-state index contributed by atoms with van der Waals surface area (Å²) in [5.74, 6) is -0.678. The van der Waals surface area contributed by atoms with E-state index in [2.05, 4.69) is 0 Å². The molecule has 7 heteroatoms. The van der Waals surface area contributed by atoms with Crippen molar-refractivity contribution in [3.8, 4) is 5.75 Å². The molecular weight excluding hydrogens is 310 g/mol. The van der Waals surface area contributed by atoms with Gasteiger partial charge in [0.05, 0.1) is 5.75 Å². The van der Waals surface area contributed by atoms with Crippen LogP contribution in [0.2, 0.25) is 0 Å². The first-order chi connectivity index (χ1) is 9.36. The van der Waals surface area contributed by atoms with Crippen molar-refractivity contribution in [2.24, 2.45) is 0 Å². The van der Waals surface area contributed by atoms with E-state index in [0.29, 0.717) is 11.1 Å².